The summed E-state index contributed by atoms with van der Waals surface area (Å²) in [6, 6.07) is 12.8. The van der Waals surface area contributed by atoms with Gasteiger partial charge in [-0.3, -0.25) is 9.80 Å². The lowest BCUT2D eigenvalue weighted by Crippen LogP contribution is -2.50. The number of ether oxygens (including phenoxy) is 2. The average molecular weight is 565 g/mol. The Labute approximate surface area is 237 Å². The van der Waals surface area contributed by atoms with E-state index in [2.05, 4.69) is 24.9 Å². The highest BCUT2D eigenvalue weighted by molar-refractivity contribution is 5.79. The Hall–Kier alpha value is -3.51. The molecule has 2 fully saturated rings. The topological polar surface area (TPSA) is 88.8 Å². The van der Waals surface area contributed by atoms with E-state index in [1.165, 1.54) is 30.6 Å². The van der Waals surface area contributed by atoms with Crippen LogP contribution in [0.2, 0.25) is 0 Å². The van der Waals surface area contributed by atoms with Crippen LogP contribution in [-0.2, 0) is 4.74 Å². The molecule has 0 bridgehead atoms. The lowest BCUT2D eigenvalue weighted by Gasteiger charge is -2.40. The Morgan fingerprint density at radius 1 is 0.927 bits per heavy atom. The molecule has 41 heavy (non-hydrogen) atoms. The number of nitrogens with zero attached hydrogens (tertiary/aromatic N) is 6. The second-order valence-corrected chi connectivity index (χ2v) is 10.6. The molecule has 0 radical (unpaired) electrons. The summed E-state index contributed by atoms with van der Waals surface area (Å²) in [7, 11) is 0. The van der Waals surface area contributed by atoms with Crippen LogP contribution in [0.1, 0.15) is 42.7 Å². The minimum atomic E-state index is -0.715. The van der Waals surface area contributed by atoms with Crippen LogP contribution in [0.5, 0.6) is 5.88 Å². The highest BCUT2D eigenvalue weighted by Crippen LogP contribution is 2.31. The Balaban J connectivity index is 1.05. The van der Waals surface area contributed by atoms with Crippen LogP contribution in [0.4, 0.5) is 8.78 Å². The number of β-amino-alcohol motifs (C(OH)–C–C–N with tert-alkyl or cyclic N) is 1. The van der Waals surface area contributed by atoms with E-state index in [-0.39, 0.29) is 30.5 Å². The summed E-state index contributed by atoms with van der Waals surface area (Å²) in [6.45, 7) is 4.20. The molecule has 0 spiro atoms. The highest BCUT2D eigenvalue weighted by Gasteiger charge is 2.28. The number of halogens is 2. The van der Waals surface area contributed by atoms with E-state index in [1.54, 1.807) is 35.1 Å². The first-order chi connectivity index (χ1) is 20.0. The molecule has 0 amide bonds. The third-order valence-corrected chi connectivity index (χ3v) is 7.81. The minimum absolute atomic E-state index is 0.0885. The van der Waals surface area contributed by atoms with Crippen LogP contribution in [0, 0.1) is 11.6 Å². The van der Waals surface area contributed by atoms with Gasteiger partial charge in [0, 0.05) is 39.3 Å². The number of aromatic nitrogens is 4. The lowest BCUT2D eigenvalue weighted by molar-refractivity contribution is -0.0370. The largest absolute Gasteiger partial charge is 0.474 e. The molecular weight excluding hydrogens is 530 g/mol. The predicted octanol–water partition coefficient (Wildman–Crippen LogP) is 3.95. The second-order valence-electron chi connectivity index (χ2n) is 10.6. The maximum atomic E-state index is 13.6. The SMILES string of the molecule is OC(COc1ncnc2c1cnn2C1CCCCO1)CN1CCN(C(c2ccc(F)cc2)c2ccc(F)cc2)CC1. The van der Waals surface area contributed by atoms with Crippen LogP contribution in [0.25, 0.3) is 11.0 Å². The number of hydrogen-bond donors (Lipinski definition) is 1. The van der Waals surface area contributed by atoms with Crippen molar-refractivity contribution in [1.29, 1.82) is 0 Å². The molecule has 4 heterocycles. The van der Waals surface area contributed by atoms with Gasteiger partial charge in [-0.1, -0.05) is 24.3 Å². The van der Waals surface area contributed by atoms with E-state index < -0.39 is 6.10 Å². The number of fused-ring (bicyclic) bond motifs is 1. The van der Waals surface area contributed by atoms with Crippen molar-refractivity contribution < 1.29 is 23.4 Å². The maximum Gasteiger partial charge on any atom is 0.227 e. The van der Waals surface area contributed by atoms with Gasteiger partial charge in [-0.2, -0.15) is 5.10 Å². The zero-order valence-electron chi connectivity index (χ0n) is 22.8. The van der Waals surface area contributed by atoms with E-state index in [9.17, 15) is 13.9 Å². The molecule has 2 unspecified atom stereocenters. The van der Waals surface area contributed by atoms with Crippen LogP contribution in [0.15, 0.2) is 61.1 Å². The van der Waals surface area contributed by atoms with Crippen molar-refractivity contribution in [2.24, 2.45) is 0 Å². The van der Waals surface area contributed by atoms with Gasteiger partial charge in [0.25, 0.3) is 0 Å². The number of hydrogen-bond acceptors (Lipinski definition) is 8. The lowest BCUT2D eigenvalue weighted by atomic mass is 9.96. The standard InChI is InChI=1S/C30H34F2N6O3/c31-23-8-4-21(5-9-23)28(22-6-10-24(32)11-7-22)37-14-12-36(13-15-37)18-25(39)19-41-30-26-17-35-38(29(26)33-20-34-30)27-3-1-2-16-40-27/h4-11,17,20,25,27-28,39H,1-3,12-16,18-19H2. The first-order valence-electron chi connectivity index (χ1n) is 14.1. The van der Waals surface area contributed by atoms with E-state index in [4.69, 9.17) is 9.47 Å². The summed E-state index contributed by atoms with van der Waals surface area (Å²) in [5.74, 6) is -0.188. The fourth-order valence-electron chi connectivity index (χ4n) is 5.72. The van der Waals surface area contributed by atoms with Gasteiger partial charge in [0.05, 0.1) is 12.2 Å². The predicted molar refractivity (Wildman–Crippen MR) is 148 cm³/mol. The van der Waals surface area contributed by atoms with Gasteiger partial charge in [0.2, 0.25) is 5.88 Å². The van der Waals surface area contributed by atoms with Gasteiger partial charge in [-0.05, 0) is 54.7 Å². The molecular formula is C30H34F2N6O3. The molecule has 1 N–H and O–H groups in total. The molecule has 2 aliphatic rings. The normalized spacial score (nSPS) is 19.6. The summed E-state index contributed by atoms with van der Waals surface area (Å²) < 4.78 is 40.8. The van der Waals surface area contributed by atoms with E-state index >= 15 is 0 Å². The molecule has 0 saturated carbocycles. The summed E-state index contributed by atoms with van der Waals surface area (Å²) >= 11 is 0. The number of rotatable bonds is 9. The van der Waals surface area contributed by atoms with Crippen LogP contribution in [0.3, 0.4) is 0 Å². The smallest absolute Gasteiger partial charge is 0.227 e. The number of aliphatic hydroxyl groups excluding tert-OH is 1. The van der Waals surface area contributed by atoms with E-state index in [1.807, 2.05) is 0 Å². The maximum absolute atomic E-state index is 13.6. The zero-order chi connectivity index (χ0) is 28.2. The summed E-state index contributed by atoms with van der Waals surface area (Å²) in [5.41, 5.74) is 2.56. The van der Waals surface area contributed by atoms with Gasteiger partial charge in [0.1, 0.15) is 36.1 Å². The second kappa shape index (κ2) is 12.6. The molecule has 2 aromatic heterocycles. The van der Waals surface area contributed by atoms with Crippen molar-refractivity contribution in [1.82, 2.24) is 29.5 Å². The Morgan fingerprint density at radius 2 is 1.61 bits per heavy atom. The van der Waals surface area contributed by atoms with Crippen LogP contribution < -0.4 is 4.74 Å². The first kappa shape index (κ1) is 27.6. The molecule has 9 nitrogen and oxygen atoms in total. The number of aliphatic hydroxyl groups is 1. The molecule has 2 aromatic carbocycles. The average Bonchev–Trinajstić information content (AvgIpc) is 3.44. The van der Waals surface area contributed by atoms with Crippen molar-refractivity contribution in [3.8, 4) is 5.88 Å². The highest BCUT2D eigenvalue weighted by atomic mass is 19.1. The molecule has 0 aliphatic carbocycles. The van der Waals surface area contributed by atoms with Gasteiger partial charge in [-0.15, -0.1) is 0 Å². The summed E-state index contributed by atoms with van der Waals surface area (Å²) in [4.78, 5) is 13.2. The Morgan fingerprint density at radius 3 is 2.24 bits per heavy atom. The zero-order valence-corrected chi connectivity index (χ0v) is 22.8. The van der Waals surface area contributed by atoms with Gasteiger partial charge < -0.3 is 14.6 Å². The van der Waals surface area contributed by atoms with Crippen LogP contribution in [-0.4, -0.2) is 86.7 Å². The van der Waals surface area contributed by atoms with E-state index in [0.717, 1.165) is 56.6 Å². The fourth-order valence-corrected chi connectivity index (χ4v) is 5.72. The third kappa shape index (κ3) is 6.38. The Kier molecular flexibility index (Phi) is 8.47. The molecule has 216 valence electrons. The quantitative estimate of drug-likeness (QED) is 0.327. The molecule has 2 aliphatic heterocycles. The van der Waals surface area contributed by atoms with Gasteiger partial charge >= 0.3 is 0 Å². The monoisotopic (exact) mass is 564 g/mol. The molecule has 2 atom stereocenters. The van der Waals surface area contributed by atoms with Crippen molar-refractivity contribution in [3.63, 3.8) is 0 Å². The number of piperazine rings is 1. The fraction of sp³-hybridized carbons (Fsp3) is 0.433. The van der Waals surface area contributed by atoms with E-state index in [0.29, 0.717) is 30.1 Å². The third-order valence-electron chi connectivity index (χ3n) is 7.81. The molecule has 4 aromatic rings. The summed E-state index contributed by atoms with van der Waals surface area (Å²) in [6.07, 6.45) is 5.30. The first-order valence-corrected chi connectivity index (χ1v) is 14.1. The molecule has 11 heteroatoms. The van der Waals surface area contributed by atoms with Gasteiger partial charge in [-0.25, -0.2) is 23.4 Å². The van der Waals surface area contributed by atoms with Crippen molar-refractivity contribution >= 4 is 11.0 Å². The van der Waals surface area contributed by atoms with Crippen LogP contribution >= 0.6 is 0 Å². The minimum Gasteiger partial charge on any atom is -0.474 e. The Bertz CT molecular complexity index is 1380. The van der Waals surface area contributed by atoms with Gasteiger partial charge in [0.15, 0.2) is 11.9 Å². The number of benzene rings is 2. The van der Waals surface area contributed by atoms with Crippen molar-refractivity contribution in [2.75, 3.05) is 45.9 Å². The molecule has 2 saturated heterocycles. The molecule has 6 rings (SSSR count). The summed E-state index contributed by atoms with van der Waals surface area (Å²) in [5, 5.41) is 16.0. The van der Waals surface area contributed by atoms with Crippen molar-refractivity contribution in [3.05, 3.63) is 83.8 Å². The van der Waals surface area contributed by atoms with Crippen molar-refractivity contribution in [2.45, 2.75) is 37.6 Å².